The molecule has 0 fully saturated rings. The Balaban J connectivity index is 1.73. The molecule has 29 heavy (non-hydrogen) atoms. The van der Waals surface area contributed by atoms with Gasteiger partial charge in [0.2, 0.25) is 0 Å². The first kappa shape index (κ1) is 19.4. The molecule has 2 aromatic carbocycles. The second-order valence-electron chi connectivity index (χ2n) is 7.80. The van der Waals surface area contributed by atoms with E-state index in [1.54, 1.807) is 11.0 Å². The molecule has 0 radical (unpaired) electrons. The summed E-state index contributed by atoms with van der Waals surface area (Å²) in [6.07, 6.45) is 4.86. The van der Waals surface area contributed by atoms with Crippen LogP contribution in [0.25, 0.3) is 10.8 Å². The van der Waals surface area contributed by atoms with E-state index in [2.05, 4.69) is 24.2 Å². The molecule has 1 aliphatic rings. The first-order chi connectivity index (χ1) is 14.1. The van der Waals surface area contributed by atoms with E-state index >= 15 is 0 Å². The third-order valence-corrected chi connectivity index (χ3v) is 5.93. The van der Waals surface area contributed by atoms with Crippen molar-refractivity contribution in [2.45, 2.75) is 51.6 Å². The van der Waals surface area contributed by atoms with Crippen molar-refractivity contribution >= 4 is 16.7 Å². The first-order valence-corrected chi connectivity index (χ1v) is 10.5. The minimum Gasteiger partial charge on any atom is -0.333 e. The van der Waals surface area contributed by atoms with E-state index in [0.717, 1.165) is 32.1 Å². The highest BCUT2D eigenvalue weighted by atomic mass is 16.2. The third-order valence-electron chi connectivity index (χ3n) is 5.93. The van der Waals surface area contributed by atoms with Crippen LogP contribution in [-0.2, 0) is 13.0 Å². The molecule has 1 unspecified atom stereocenters. The molecule has 5 nitrogen and oxygen atoms in total. The molecule has 3 aromatic rings. The molecular weight excluding hydrogens is 362 g/mol. The summed E-state index contributed by atoms with van der Waals surface area (Å²) in [7, 11) is 1.85. The largest absolute Gasteiger partial charge is 0.333 e. The average molecular weight is 389 g/mol. The number of hydrogen-bond donors (Lipinski definition) is 0. The van der Waals surface area contributed by atoms with Gasteiger partial charge in [-0.25, -0.2) is 4.68 Å². The van der Waals surface area contributed by atoms with Crippen LogP contribution in [0.5, 0.6) is 0 Å². The number of aromatic nitrogens is 2. The molecule has 1 amide bonds. The molecule has 1 atom stereocenters. The van der Waals surface area contributed by atoms with Crippen molar-refractivity contribution in [2.75, 3.05) is 7.05 Å². The molecule has 0 saturated carbocycles. The summed E-state index contributed by atoms with van der Waals surface area (Å²) in [4.78, 5) is 28.2. The Bertz CT molecular complexity index is 1100. The highest BCUT2D eigenvalue weighted by molar-refractivity contribution is 6.04. The fraction of sp³-hybridized carbons (Fsp3) is 0.375. The van der Waals surface area contributed by atoms with E-state index < -0.39 is 0 Å². The van der Waals surface area contributed by atoms with Gasteiger partial charge in [-0.2, -0.15) is 5.10 Å². The van der Waals surface area contributed by atoms with Gasteiger partial charge in [-0.05, 0) is 36.5 Å². The van der Waals surface area contributed by atoms with E-state index in [1.165, 1.54) is 15.8 Å². The fourth-order valence-corrected chi connectivity index (χ4v) is 4.30. The van der Waals surface area contributed by atoms with Crippen molar-refractivity contribution in [3.63, 3.8) is 0 Å². The lowest BCUT2D eigenvalue weighted by Gasteiger charge is -2.26. The van der Waals surface area contributed by atoms with Crippen molar-refractivity contribution in [1.82, 2.24) is 14.7 Å². The van der Waals surface area contributed by atoms with Gasteiger partial charge >= 0.3 is 0 Å². The number of amides is 1. The number of benzene rings is 2. The van der Waals surface area contributed by atoms with Crippen LogP contribution in [-0.4, -0.2) is 27.6 Å². The van der Waals surface area contributed by atoms with Gasteiger partial charge in [0.1, 0.15) is 0 Å². The molecule has 0 spiro atoms. The summed E-state index contributed by atoms with van der Waals surface area (Å²) < 4.78 is 1.47. The summed E-state index contributed by atoms with van der Waals surface area (Å²) in [6.45, 7) is 2.66. The molecule has 0 N–H and O–H groups in total. The van der Waals surface area contributed by atoms with E-state index in [1.807, 2.05) is 37.4 Å². The lowest BCUT2D eigenvalue weighted by atomic mass is 10.1. The lowest BCUT2D eigenvalue weighted by molar-refractivity contribution is 0.0724. The number of rotatable bonds is 6. The number of nitrogens with zero attached hydrogens (tertiary/aromatic N) is 3. The van der Waals surface area contributed by atoms with Crippen LogP contribution in [0.3, 0.4) is 0 Å². The molecule has 4 rings (SSSR count). The highest BCUT2D eigenvalue weighted by Crippen LogP contribution is 2.35. The second kappa shape index (κ2) is 8.19. The van der Waals surface area contributed by atoms with Crippen LogP contribution < -0.4 is 5.56 Å². The molecule has 0 saturated heterocycles. The Labute approximate surface area is 171 Å². The first-order valence-electron chi connectivity index (χ1n) is 10.5. The molecule has 0 bridgehead atoms. The molecule has 150 valence electrons. The van der Waals surface area contributed by atoms with Crippen molar-refractivity contribution in [1.29, 1.82) is 0 Å². The Morgan fingerprint density at radius 3 is 2.62 bits per heavy atom. The number of fused-ring (bicyclic) bond motifs is 2. The van der Waals surface area contributed by atoms with Gasteiger partial charge in [-0.1, -0.05) is 62.2 Å². The Kier molecular flexibility index (Phi) is 5.47. The summed E-state index contributed by atoms with van der Waals surface area (Å²) in [5.74, 6) is -0.132. The van der Waals surface area contributed by atoms with Gasteiger partial charge in [0, 0.05) is 19.0 Å². The Morgan fingerprint density at radius 1 is 1.10 bits per heavy atom. The van der Waals surface area contributed by atoms with Crippen molar-refractivity contribution < 1.29 is 4.79 Å². The van der Waals surface area contributed by atoms with Crippen LogP contribution in [0.2, 0.25) is 0 Å². The number of hydrogen-bond acceptors (Lipinski definition) is 3. The maximum absolute atomic E-state index is 13.5. The molecule has 1 aliphatic carbocycles. The van der Waals surface area contributed by atoms with Crippen molar-refractivity contribution in [2.24, 2.45) is 0 Å². The minimum absolute atomic E-state index is 0.0414. The van der Waals surface area contributed by atoms with Crippen molar-refractivity contribution in [3.05, 3.63) is 75.7 Å². The Morgan fingerprint density at radius 2 is 1.83 bits per heavy atom. The number of carbonyl (C=O) groups is 1. The van der Waals surface area contributed by atoms with Crippen LogP contribution in [0.1, 0.15) is 60.3 Å². The van der Waals surface area contributed by atoms with E-state index in [9.17, 15) is 9.59 Å². The lowest BCUT2D eigenvalue weighted by Crippen LogP contribution is -2.34. The molecule has 1 aromatic heterocycles. The van der Waals surface area contributed by atoms with Crippen LogP contribution in [0, 0.1) is 0 Å². The van der Waals surface area contributed by atoms with E-state index in [4.69, 9.17) is 0 Å². The fourth-order valence-electron chi connectivity index (χ4n) is 4.30. The minimum atomic E-state index is -0.132. The number of aryl methyl sites for hydroxylation is 2. The predicted molar refractivity (Wildman–Crippen MR) is 115 cm³/mol. The highest BCUT2D eigenvalue weighted by Gasteiger charge is 2.30. The Hall–Kier alpha value is -2.95. The van der Waals surface area contributed by atoms with Crippen LogP contribution >= 0.6 is 0 Å². The monoisotopic (exact) mass is 389 g/mol. The molecular formula is C24H27N3O2. The molecule has 0 aliphatic heterocycles. The number of carbonyl (C=O) groups excluding carboxylic acids is 1. The second-order valence-corrected chi connectivity index (χ2v) is 7.80. The maximum Gasteiger partial charge on any atom is 0.275 e. The zero-order valence-corrected chi connectivity index (χ0v) is 17.1. The zero-order valence-electron chi connectivity index (χ0n) is 17.1. The van der Waals surface area contributed by atoms with Crippen LogP contribution in [0.4, 0.5) is 0 Å². The third kappa shape index (κ3) is 3.57. The maximum atomic E-state index is 13.5. The quantitative estimate of drug-likeness (QED) is 0.589. The average Bonchev–Trinajstić information content (AvgIpc) is 3.19. The SMILES string of the molecule is CCCCCn1nc(C(=O)N(C)C2CCc3ccccc32)c2ccccc2c1=O. The summed E-state index contributed by atoms with van der Waals surface area (Å²) in [5, 5.41) is 5.72. The summed E-state index contributed by atoms with van der Waals surface area (Å²) in [5.41, 5.74) is 2.76. The van der Waals surface area contributed by atoms with Gasteiger partial charge in [-0.15, -0.1) is 0 Å². The zero-order chi connectivity index (χ0) is 20.4. The van der Waals surface area contributed by atoms with Gasteiger partial charge < -0.3 is 4.90 Å². The number of unbranched alkanes of at least 4 members (excludes halogenated alkanes) is 2. The predicted octanol–water partition coefficient (Wildman–Crippen LogP) is 4.35. The van der Waals surface area contributed by atoms with Gasteiger partial charge in [0.05, 0.1) is 11.4 Å². The topological polar surface area (TPSA) is 55.2 Å². The van der Waals surface area contributed by atoms with E-state index in [0.29, 0.717) is 23.0 Å². The summed E-state index contributed by atoms with van der Waals surface area (Å²) >= 11 is 0. The van der Waals surface area contributed by atoms with Gasteiger partial charge in [-0.3, -0.25) is 9.59 Å². The standard InChI is InChI=1S/C24H27N3O2/c1-3-4-9-16-27-23(28)20-13-8-7-12-19(20)22(25-27)24(29)26(2)21-15-14-17-10-5-6-11-18(17)21/h5-8,10-13,21H,3-4,9,14-16H2,1-2H3. The smallest absolute Gasteiger partial charge is 0.275 e. The van der Waals surface area contributed by atoms with Crippen LogP contribution in [0.15, 0.2) is 53.3 Å². The normalized spacial score (nSPS) is 15.4. The van der Waals surface area contributed by atoms with Gasteiger partial charge in [0.15, 0.2) is 5.69 Å². The molecule has 1 heterocycles. The van der Waals surface area contributed by atoms with E-state index in [-0.39, 0.29) is 17.5 Å². The van der Waals surface area contributed by atoms with Gasteiger partial charge in [0.25, 0.3) is 11.5 Å². The molecule has 5 heteroatoms. The van der Waals surface area contributed by atoms with Crippen molar-refractivity contribution in [3.8, 4) is 0 Å². The summed E-state index contributed by atoms with van der Waals surface area (Å²) in [6, 6.07) is 15.7.